The maximum atomic E-state index is 6.57. The van der Waals surface area contributed by atoms with E-state index in [1.807, 2.05) is 0 Å². The van der Waals surface area contributed by atoms with Crippen LogP contribution in [0.2, 0.25) is 0 Å². The van der Waals surface area contributed by atoms with Crippen molar-refractivity contribution in [1.82, 2.24) is 0 Å². The molecule has 0 saturated heterocycles. The predicted molar refractivity (Wildman–Crippen MR) is 157 cm³/mol. The molecule has 202 valence electrons. The van der Waals surface area contributed by atoms with Gasteiger partial charge in [-0.25, -0.2) is 0 Å². The van der Waals surface area contributed by atoms with E-state index in [1.165, 1.54) is 33.4 Å². The minimum atomic E-state index is -0.104. The van der Waals surface area contributed by atoms with Crippen LogP contribution < -0.4 is 9.78 Å². The van der Waals surface area contributed by atoms with Crippen molar-refractivity contribution in [2.75, 3.05) is 0 Å². The second-order valence-corrected chi connectivity index (χ2v) is 15.3. The molecule has 0 aliphatic rings. The van der Waals surface area contributed by atoms with Crippen LogP contribution >= 0.6 is 0 Å². The molecule has 0 unspecified atom stereocenters. The Hall–Kier alpha value is -1.96. The van der Waals surface area contributed by atoms with Crippen LogP contribution in [0.3, 0.4) is 0 Å². The minimum Gasteiger partial charge on any atom is -0.289 e. The molecule has 2 aromatic rings. The van der Waals surface area contributed by atoms with Crippen molar-refractivity contribution in [2.24, 2.45) is 0 Å². The van der Waals surface area contributed by atoms with E-state index in [0.717, 1.165) is 11.5 Å². The lowest BCUT2D eigenvalue weighted by atomic mass is 9.73. The Labute approximate surface area is 223 Å². The van der Waals surface area contributed by atoms with Gasteiger partial charge in [-0.2, -0.15) is 0 Å². The molecule has 0 N–H and O–H groups in total. The molecule has 0 radical (unpaired) electrons. The quantitative estimate of drug-likeness (QED) is 0.304. The first kappa shape index (κ1) is 30.3. The fraction of sp³-hybridized carbons (Fsp3) is 0.647. The van der Waals surface area contributed by atoms with Gasteiger partial charge in [-0.15, -0.1) is 0 Å². The van der Waals surface area contributed by atoms with E-state index in [4.69, 9.17) is 9.78 Å². The minimum absolute atomic E-state index is 0.0119. The van der Waals surface area contributed by atoms with Crippen LogP contribution in [-0.2, 0) is 21.7 Å². The molecule has 2 nitrogen and oxygen atoms in total. The second kappa shape index (κ2) is 10.1. The van der Waals surface area contributed by atoms with Crippen LogP contribution in [0.5, 0.6) is 11.5 Å². The molecule has 0 spiro atoms. The van der Waals surface area contributed by atoms with Gasteiger partial charge in [0.2, 0.25) is 0 Å². The number of rotatable bonds is 5. The van der Waals surface area contributed by atoms with Crippen LogP contribution in [0.1, 0.15) is 156 Å². The molecular weight excluding hydrogens is 440 g/mol. The van der Waals surface area contributed by atoms with E-state index < -0.39 is 0 Å². The SMILES string of the molecule is CC(C)c1ccc(C(C)(C)C)c(C(C)(C)C)c1OOc1c(C(C)C)ccc(C(C)(C)C)c1C(C)(C)C. The molecule has 0 amide bonds. The van der Waals surface area contributed by atoms with E-state index in [-0.39, 0.29) is 21.7 Å². The lowest BCUT2D eigenvalue weighted by Crippen LogP contribution is -2.26. The summed E-state index contributed by atoms with van der Waals surface area (Å²) in [4.78, 5) is 13.1. The summed E-state index contributed by atoms with van der Waals surface area (Å²) < 4.78 is 0. The van der Waals surface area contributed by atoms with Crippen LogP contribution in [0.25, 0.3) is 0 Å². The summed E-state index contributed by atoms with van der Waals surface area (Å²) in [6.45, 7) is 36.2. The predicted octanol–water partition coefficient (Wildman–Crippen LogP) is 10.5. The lowest BCUT2D eigenvalue weighted by Gasteiger charge is -2.35. The van der Waals surface area contributed by atoms with Crippen molar-refractivity contribution >= 4 is 0 Å². The Kier molecular flexibility index (Phi) is 8.46. The smallest absolute Gasteiger partial charge is 0.186 e. The molecule has 0 heterocycles. The van der Waals surface area contributed by atoms with Gasteiger partial charge in [0.15, 0.2) is 11.5 Å². The third-order valence-electron chi connectivity index (χ3n) is 6.94. The molecule has 0 aromatic heterocycles. The lowest BCUT2D eigenvalue weighted by molar-refractivity contribution is -0.105. The van der Waals surface area contributed by atoms with Gasteiger partial charge in [-0.05, 0) is 44.6 Å². The van der Waals surface area contributed by atoms with E-state index in [9.17, 15) is 0 Å². The maximum absolute atomic E-state index is 6.57. The topological polar surface area (TPSA) is 18.5 Å². The van der Waals surface area contributed by atoms with E-state index in [1.54, 1.807) is 0 Å². The van der Waals surface area contributed by atoms with Crippen molar-refractivity contribution in [3.63, 3.8) is 0 Å². The van der Waals surface area contributed by atoms with Gasteiger partial charge in [-0.1, -0.05) is 135 Å². The van der Waals surface area contributed by atoms with Crippen LogP contribution in [0.4, 0.5) is 0 Å². The van der Waals surface area contributed by atoms with Crippen LogP contribution in [-0.4, -0.2) is 0 Å². The van der Waals surface area contributed by atoms with Crippen LogP contribution in [0.15, 0.2) is 24.3 Å². The Balaban J connectivity index is 2.88. The summed E-state index contributed by atoms with van der Waals surface area (Å²) in [5, 5.41) is 0. The fourth-order valence-electron chi connectivity index (χ4n) is 5.11. The average Bonchev–Trinajstić information content (AvgIpc) is 2.67. The summed E-state index contributed by atoms with van der Waals surface area (Å²) in [6.07, 6.45) is 0. The molecule has 2 aromatic carbocycles. The third kappa shape index (κ3) is 6.48. The highest BCUT2D eigenvalue weighted by Gasteiger charge is 2.34. The highest BCUT2D eigenvalue weighted by molar-refractivity contribution is 5.55. The normalized spacial score (nSPS) is 13.5. The van der Waals surface area contributed by atoms with Crippen molar-refractivity contribution in [2.45, 2.75) is 144 Å². The van der Waals surface area contributed by atoms with Gasteiger partial charge in [0, 0.05) is 22.3 Å². The zero-order chi connectivity index (χ0) is 28.0. The number of hydrogen-bond acceptors (Lipinski definition) is 2. The Morgan fingerprint density at radius 3 is 0.917 bits per heavy atom. The molecule has 36 heavy (non-hydrogen) atoms. The molecule has 2 rings (SSSR count). The standard InChI is InChI=1S/C34H54O2/c1-21(2)23-17-19-25(31(5,6)7)27(33(11,12)13)29(23)35-36-30-24(22(3)4)18-20-26(32(8,9)10)28(30)34(14,15)16/h17-22H,1-16H3. The summed E-state index contributed by atoms with van der Waals surface area (Å²) >= 11 is 0. The molecule has 0 fully saturated rings. The summed E-state index contributed by atoms with van der Waals surface area (Å²) in [6, 6.07) is 9.06. The molecule has 0 aliphatic carbocycles. The summed E-state index contributed by atoms with van der Waals surface area (Å²) in [5.74, 6) is 2.37. The highest BCUT2D eigenvalue weighted by atomic mass is 17.2. The average molecular weight is 495 g/mol. The Morgan fingerprint density at radius 1 is 0.444 bits per heavy atom. The zero-order valence-electron chi connectivity index (χ0n) is 26.3. The molecule has 0 saturated carbocycles. The van der Waals surface area contributed by atoms with Crippen molar-refractivity contribution < 1.29 is 9.78 Å². The Morgan fingerprint density at radius 2 is 0.722 bits per heavy atom. The summed E-state index contributed by atoms with van der Waals surface area (Å²) in [7, 11) is 0. The maximum Gasteiger partial charge on any atom is 0.186 e. The molecule has 0 bridgehead atoms. The van der Waals surface area contributed by atoms with Gasteiger partial charge < -0.3 is 0 Å². The molecule has 2 heteroatoms. The van der Waals surface area contributed by atoms with Crippen LogP contribution in [0, 0.1) is 0 Å². The van der Waals surface area contributed by atoms with E-state index in [0.29, 0.717) is 11.8 Å². The van der Waals surface area contributed by atoms with E-state index >= 15 is 0 Å². The van der Waals surface area contributed by atoms with Crippen molar-refractivity contribution in [3.05, 3.63) is 57.6 Å². The van der Waals surface area contributed by atoms with Gasteiger partial charge in [0.1, 0.15) is 0 Å². The number of benzene rings is 2. The fourth-order valence-corrected chi connectivity index (χ4v) is 5.11. The first-order valence-electron chi connectivity index (χ1n) is 13.8. The van der Waals surface area contributed by atoms with Gasteiger partial charge in [-0.3, -0.25) is 9.78 Å². The monoisotopic (exact) mass is 494 g/mol. The summed E-state index contributed by atoms with van der Waals surface area (Å²) in [5.41, 5.74) is 7.22. The Bertz CT molecular complexity index is 971. The van der Waals surface area contributed by atoms with Crippen molar-refractivity contribution in [3.8, 4) is 11.5 Å². The van der Waals surface area contributed by atoms with Gasteiger partial charge in [0.25, 0.3) is 0 Å². The third-order valence-corrected chi connectivity index (χ3v) is 6.94. The van der Waals surface area contributed by atoms with Crippen molar-refractivity contribution in [1.29, 1.82) is 0 Å². The highest BCUT2D eigenvalue weighted by Crippen LogP contribution is 2.47. The second-order valence-electron chi connectivity index (χ2n) is 15.3. The van der Waals surface area contributed by atoms with Gasteiger partial charge in [0.05, 0.1) is 0 Å². The first-order valence-corrected chi connectivity index (χ1v) is 13.8. The first-order chi connectivity index (χ1) is 16.1. The van der Waals surface area contributed by atoms with E-state index in [2.05, 4.69) is 135 Å². The molecular formula is C34H54O2. The molecule has 0 atom stereocenters. The zero-order valence-corrected chi connectivity index (χ0v) is 26.3. The van der Waals surface area contributed by atoms with Gasteiger partial charge >= 0.3 is 0 Å². The molecule has 0 aliphatic heterocycles. The largest absolute Gasteiger partial charge is 0.289 e. The number of hydrogen-bond donors (Lipinski definition) is 0.